The average molecular weight is 860 g/mol. The van der Waals surface area contributed by atoms with Crippen LogP contribution in [0.15, 0.2) is 212 Å². The Balaban J connectivity index is 0.981. The molecule has 0 saturated carbocycles. The summed E-state index contributed by atoms with van der Waals surface area (Å²) in [6.45, 7) is 4.80. The Labute approximate surface area is 389 Å². The van der Waals surface area contributed by atoms with Crippen molar-refractivity contribution in [2.75, 3.05) is 4.90 Å². The van der Waals surface area contributed by atoms with Gasteiger partial charge in [-0.2, -0.15) is 0 Å². The molecule has 0 radical (unpaired) electrons. The van der Waals surface area contributed by atoms with Crippen LogP contribution < -0.4 is 4.90 Å². The molecule has 11 aromatic rings. The van der Waals surface area contributed by atoms with Gasteiger partial charge in [0.2, 0.25) is 0 Å². The van der Waals surface area contributed by atoms with Crippen molar-refractivity contribution < 1.29 is 0 Å². The van der Waals surface area contributed by atoms with Crippen LogP contribution in [0.4, 0.5) is 17.1 Å². The minimum Gasteiger partial charge on any atom is -0.310 e. The van der Waals surface area contributed by atoms with Crippen molar-refractivity contribution >= 4 is 59.3 Å². The summed E-state index contributed by atoms with van der Waals surface area (Å²) < 4.78 is 2.68. The van der Waals surface area contributed by atoms with E-state index in [0.717, 1.165) is 18.5 Å². The zero-order valence-corrected chi connectivity index (χ0v) is 37.8. The van der Waals surface area contributed by atoms with Gasteiger partial charge in [-0.15, -0.1) is 11.3 Å². The average Bonchev–Trinajstić information content (AvgIpc) is 4.10. The van der Waals surface area contributed by atoms with Crippen LogP contribution in [0.1, 0.15) is 53.6 Å². The van der Waals surface area contributed by atoms with Crippen LogP contribution in [0.5, 0.6) is 0 Å². The molecule has 0 saturated heterocycles. The van der Waals surface area contributed by atoms with Crippen molar-refractivity contribution in [2.45, 2.75) is 37.5 Å². The number of para-hydroxylation sites is 1. The second kappa shape index (κ2) is 14.0. The maximum absolute atomic E-state index is 2.54. The van der Waals surface area contributed by atoms with E-state index in [4.69, 9.17) is 0 Å². The summed E-state index contributed by atoms with van der Waals surface area (Å²) in [4.78, 5) is 2.54. The molecule has 1 nitrogen and oxygen atoms in total. The summed E-state index contributed by atoms with van der Waals surface area (Å²) in [6.07, 6.45) is 2.14. The lowest BCUT2D eigenvalue weighted by Gasteiger charge is -2.32. The maximum atomic E-state index is 2.54. The van der Waals surface area contributed by atoms with Gasteiger partial charge in [0, 0.05) is 47.9 Å². The largest absolute Gasteiger partial charge is 0.310 e. The monoisotopic (exact) mass is 859 g/mol. The van der Waals surface area contributed by atoms with Gasteiger partial charge in [-0.1, -0.05) is 190 Å². The number of aryl methyl sites for hydroxylation is 1. The second-order valence-corrected chi connectivity index (χ2v) is 20.1. The van der Waals surface area contributed by atoms with Gasteiger partial charge in [0.25, 0.3) is 0 Å². The van der Waals surface area contributed by atoms with Crippen LogP contribution in [0.25, 0.3) is 75.5 Å². The molecule has 10 aromatic carbocycles. The van der Waals surface area contributed by atoms with E-state index in [-0.39, 0.29) is 10.8 Å². The summed E-state index contributed by atoms with van der Waals surface area (Å²) in [7, 11) is 0. The predicted molar refractivity (Wildman–Crippen MR) is 280 cm³/mol. The SMILES string of the molecule is CC1(C)c2ccccc2-c2cccc(-c3ccccc3N(c3ccc(-c4cccc5sc6c7ccccc7ccc6c45)cc3)c3ccc4c(c3)C3(CCc5ccccc53)c3ccccc3-4)c21. The Morgan fingerprint density at radius 2 is 1.06 bits per heavy atom. The minimum atomic E-state index is -0.197. The Hall–Kier alpha value is -7.52. The summed E-state index contributed by atoms with van der Waals surface area (Å²) in [5.74, 6) is 0. The lowest BCUT2D eigenvalue weighted by Crippen LogP contribution is -2.24. The zero-order valence-electron chi connectivity index (χ0n) is 37.0. The van der Waals surface area contributed by atoms with Crippen LogP contribution in [-0.2, 0) is 17.3 Å². The number of rotatable bonds is 5. The third-order valence-corrected chi connectivity index (χ3v) is 16.7. The highest BCUT2D eigenvalue weighted by Gasteiger charge is 2.48. The smallest absolute Gasteiger partial charge is 0.0540 e. The van der Waals surface area contributed by atoms with Crippen molar-refractivity contribution in [3.05, 3.63) is 246 Å². The van der Waals surface area contributed by atoms with Crippen molar-refractivity contribution in [1.29, 1.82) is 0 Å². The molecule has 1 atom stereocenters. The zero-order chi connectivity index (χ0) is 43.7. The Morgan fingerprint density at radius 3 is 1.91 bits per heavy atom. The second-order valence-electron chi connectivity index (χ2n) is 19.1. The van der Waals surface area contributed by atoms with Crippen LogP contribution in [-0.4, -0.2) is 0 Å². The first-order valence-electron chi connectivity index (χ1n) is 23.4. The van der Waals surface area contributed by atoms with Gasteiger partial charge in [-0.25, -0.2) is 0 Å². The van der Waals surface area contributed by atoms with Gasteiger partial charge in [0.15, 0.2) is 0 Å². The molecule has 0 aliphatic heterocycles. The number of anilines is 3. The van der Waals surface area contributed by atoms with Gasteiger partial charge in [-0.05, 0) is 132 Å². The summed E-state index contributed by atoms with van der Waals surface area (Å²) in [6, 6.07) is 80.3. The molecular formula is C64H45NS. The van der Waals surface area contributed by atoms with Gasteiger partial charge >= 0.3 is 0 Å². The topological polar surface area (TPSA) is 3.24 Å². The van der Waals surface area contributed by atoms with Gasteiger partial charge in [-0.3, -0.25) is 0 Å². The minimum absolute atomic E-state index is 0.164. The first kappa shape index (κ1) is 37.8. The molecule has 3 aliphatic carbocycles. The van der Waals surface area contributed by atoms with Gasteiger partial charge < -0.3 is 4.90 Å². The van der Waals surface area contributed by atoms with E-state index in [2.05, 4.69) is 231 Å². The lowest BCUT2D eigenvalue weighted by molar-refractivity contribution is 0.626. The summed E-state index contributed by atoms with van der Waals surface area (Å²) in [5.41, 5.74) is 22.0. The van der Waals surface area contributed by atoms with E-state index in [1.807, 2.05) is 11.3 Å². The number of fused-ring (bicyclic) bond motifs is 15. The van der Waals surface area contributed by atoms with Crippen LogP contribution in [0.3, 0.4) is 0 Å². The first-order chi connectivity index (χ1) is 32.5. The van der Waals surface area contributed by atoms with Crippen molar-refractivity contribution in [1.82, 2.24) is 0 Å². The molecule has 66 heavy (non-hydrogen) atoms. The van der Waals surface area contributed by atoms with Crippen LogP contribution >= 0.6 is 11.3 Å². The molecule has 0 bridgehead atoms. The molecule has 1 heterocycles. The number of nitrogens with zero attached hydrogens (tertiary/aromatic N) is 1. The molecule has 0 amide bonds. The third-order valence-electron chi connectivity index (χ3n) is 15.5. The molecular weight excluding hydrogens is 815 g/mol. The van der Waals surface area contributed by atoms with Crippen molar-refractivity contribution in [3.63, 3.8) is 0 Å². The number of hydrogen-bond acceptors (Lipinski definition) is 2. The molecule has 312 valence electrons. The standard InChI is InChI=1S/C64H45NS/c1-63(2)55-25-10-6-19-48(55)51-22-13-23-52(61(51)63)50-20-8-12-27-58(50)65(44-34-36-49-47-18-7-11-26-56(47)64(57(49)39-44)38-37-42-16-4-9-24-54(42)64)43-32-29-41(30-33-43)45-21-14-28-59-60(45)53-35-31-40-15-3-5-17-46(40)62(53)66-59/h3-36,39H,37-38H2,1-2H3. The van der Waals surface area contributed by atoms with Crippen LogP contribution in [0.2, 0.25) is 0 Å². The van der Waals surface area contributed by atoms with Crippen LogP contribution in [0, 0.1) is 0 Å². The Kier molecular flexibility index (Phi) is 8.02. The Morgan fingerprint density at radius 1 is 0.439 bits per heavy atom. The van der Waals surface area contributed by atoms with Crippen molar-refractivity contribution in [2.24, 2.45) is 0 Å². The number of hydrogen-bond donors (Lipinski definition) is 0. The van der Waals surface area contributed by atoms with E-state index in [9.17, 15) is 0 Å². The molecule has 1 unspecified atom stereocenters. The normalized spacial score (nSPS) is 16.1. The van der Waals surface area contributed by atoms with E-state index in [0.29, 0.717) is 0 Å². The summed E-state index contributed by atoms with van der Waals surface area (Å²) in [5, 5.41) is 5.27. The fourth-order valence-corrected chi connectivity index (χ4v) is 13.9. The molecule has 0 fully saturated rings. The summed E-state index contributed by atoms with van der Waals surface area (Å²) >= 11 is 1.91. The molecule has 14 rings (SSSR count). The lowest BCUT2D eigenvalue weighted by atomic mass is 9.73. The predicted octanol–water partition coefficient (Wildman–Crippen LogP) is 17.6. The van der Waals surface area contributed by atoms with E-state index < -0.39 is 0 Å². The number of thiophene rings is 1. The highest BCUT2D eigenvalue weighted by Crippen LogP contribution is 2.60. The fourth-order valence-electron chi connectivity index (χ4n) is 12.6. The molecule has 1 spiro atoms. The maximum Gasteiger partial charge on any atom is 0.0540 e. The Bertz CT molecular complexity index is 3810. The van der Waals surface area contributed by atoms with E-state index >= 15 is 0 Å². The quantitative estimate of drug-likeness (QED) is 0.167. The van der Waals surface area contributed by atoms with E-state index in [1.54, 1.807) is 0 Å². The highest BCUT2D eigenvalue weighted by molar-refractivity contribution is 7.26. The van der Waals surface area contributed by atoms with Crippen molar-refractivity contribution in [3.8, 4) is 44.5 Å². The molecule has 0 N–H and O–H groups in total. The highest BCUT2D eigenvalue weighted by atomic mass is 32.1. The first-order valence-corrected chi connectivity index (χ1v) is 24.2. The molecule has 1 aromatic heterocycles. The third kappa shape index (κ3) is 5.16. The fraction of sp³-hybridized carbons (Fsp3) is 0.0938. The van der Waals surface area contributed by atoms with Gasteiger partial charge in [0.05, 0.1) is 5.69 Å². The molecule has 3 aliphatic rings. The molecule has 2 heteroatoms. The van der Waals surface area contributed by atoms with E-state index in [1.165, 1.54) is 120 Å². The van der Waals surface area contributed by atoms with Gasteiger partial charge in [0.1, 0.15) is 0 Å². The number of benzene rings is 10.